The Balaban J connectivity index is 2.13. The van der Waals surface area contributed by atoms with E-state index in [0.717, 1.165) is 5.56 Å². The van der Waals surface area contributed by atoms with Crippen LogP contribution in [-0.4, -0.2) is 10.8 Å². The van der Waals surface area contributed by atoms with Crippen molar-refractivity contribution in [2.24, 2.45) is 0 Å². The number of aromatic nitrogens is 1. The molecule has 0 spiro atoms. The molecular weight excluding hydrogens is 265 g/mol. The summed E-state index contributed by atoms with van der Waals surface area (Å²) >= 11 is 0. The highest BCUT2D eigenvalue weighted by molar-refractivity contribution is 6.12. The largest absolute Gasteiger partial charge is 0.360 e. The Morgan fingerprint density at radius 1 is 1.05 bits per heavy atom. The summed E-state index contributed by atoms with van der Waals surface area (Å²) < 4.78 is 14.1. The minimum Gasteiger partial charge on any atom is -0.360 e. The summed E-state index contributed by atoms with van der Waals surface area (Å²) in [6, 6.07) is 14.3. The van der Waals surface area contributed by atoms with Gasteiger partial charge in [0, 0.05) is 22.7 Å². The highest BCUT2D eigenvalue weighted by Gasteiger charge is 2.32. The molecule has 106 valence electrons. The smallest absolute Gasteiger partial charge is 0.175 e. The number of fused-ring (bicyclic) bond motifs is 1. The van der Waals surface area contributed by atoms with E-state index >= 15 is 0 Å². The molecule has 0 bridgehead atoms. The predicted molar refractivity (Wildman–Crippen MR) is 82.1 cm³/mol. The SMILES string of the molecule is CC(C)(C(=O)c1c[nH]c2cccc(F)c12)c1ccccc1. The van der Waals surface area contributed by atoms with E-state index in [1.54, 1.807) is 18.3 Å². The van der Waals surface area contributed by atoms with Crippen molar-refractivity contribution in [2.75, 3.05) is 0 Å². The van der Waals surface area contributed by atoms with Crippen molar-refractivity contribution in [2.45, 2.75) is 19.3 Å². The van der Waals surface area contributed by atoms with Crippen LogP contribution in [-0.2, 0) is 5.41 Å². The molecule has 0 saturated heterocycles. The van der Waals surface area contributed by atoms with Gasteiger partial charge in [-0.3, -0.25) is 4.79 Å². The van der Waals surface area contributed by atoms with E-state index in [-0.39, 0.29) is 11.6 Å². The average Bonchev–Trinajstić information content (AvgIpc) is 2.92. The molecule has 1 heterocycles. The molecule has 0 fully saturated rings. The number of carbonyl (C=O) groups excluding carboxylic acids is 1. The summed E-state index contributed by atoms with van der Waals surface area (Å²) in [6.45, 7) is 3.73. The van der Waals surface area contributed by atoms with Crippen molar-refractivity contribution in [3.05, 3.63) is 71.7 Å². The average molecular weight is 281 g/mol. The summed E-state index contributed by atoms with van der Waals surface area (Å²) in [5, 5.41) is 0.367. The van der Waals surface area contributed by atoms with Crippen LogP contribution in [0.5, 0.6) is 0 Å². The lowest BCUT2D eigenvalue weighted by atomic mass is 9.78. The molecule has 0 amide bonds. The maximum absolute atomic E-state index is 14.1. The number of carbonyl (C=O) groups is 1. The highest BCUT2D eigenvalue weighted by atomic mass is 19.1. The van der Waals surface area contributed by atoms with Crippen molar-refractivity contribution >= 4 is 16.7 Å². The van der Waals surface area contributed by atoms with Crippen LogP contribution in [0.1, 0.15) is 29.8 Å². The zero-order valence-corrected chi connectivity index (χ0v) is 12.0. The molecule has 3 heteroatoms. The van der Waals surface area contributed by atoms with Crippen LogP contribution in [0.2, 0.25) is 0 Å². The molecule has 2 aromatic carbocycles. The fourth-order valence-electron chi connectivity index (χ4n) is 2.64. The first kappa shape index (κ1) is 13.6. The molecule has 3 aromatic rings. The van der Waals surface area contributed by atoms with Crippen molar-refractivity contribution in [1.82, 2.24) is 4.98 Å². The molecular formula is C18H16FNO. The van der Waals surface area contributed by atoms with Gasteiger partial charge < -0.3 is 4.98 Å². The van der Waals surface area contributed by atoms with Crippen molar-refractivity contribution in [3.63, 3.8) is 0 Å². The summed E-state index contributed by atoms with van der Waals surface area (Å²) in [5.41, 5.74) is 1.25. The Labute approximate surface area is 122 Å². The quantitative estimate of drug-likeness (QED) is 0.706. The highest BCUT2D eigenvalue weighted by Crippen LogP contribution is 2.31. The number of hydrogen-bond acceptors (Lipinski definition) is 1. The van der Waals surface area contributed by atoms with Crippen LogP contribution in [0, 0.1) is 5.82 Å². The molecule has 0 aliphatic heterocycles. The second-order valence-corrected chi connectivity index (χ2v) is 5.68. The van der Waals surface area contributed by atoms with E-state index in [0.29, 0.717) is 16.5 Å². The first-order chi connectivity index (χ1) is 10.0. The zero-order valence-electron chi connectivity index (χ0n) is 12.0. The minimum absolute atomic E-state index is 0.0925. The first-order valence-electron chi connectivity index (χ1n) is 6.88. The fraction of sp³-hybridized carbons (Fsp3) is 0.167. The van der Waals surface area contributed by atoms with E-state index in [9.17, 15) is 9.18 Å². The standard InChI is InChI=1S/C18H16FNO/c1-18(2,12-7-4-3-5-8-12)17(21)13-11-20-15-10-6-9-14(19)16(13)15/h3-11,20H,1-2H3. The maximum Gasteiger partial charge on any atom is 0.175 e. The number of H-pyrrole nitrogens is 1. The Hall–Kier alpha value is -2.42. The number of halogens is 1. The van der Waals surface area contributed by atoms with Gasteiger partial charge in [0.1, 0.15) is 5.82 Å². The van der Waals surface area contributed by atoms with Gasteiger partial charge in [-0.05, 0) is 31.5 Å². The summed E-state index contributed by atoms with van der Waals surface area (Å²) in [7, 11) is 0. The molecule has 1 aromatic heterocycles. The van der Waals surface area contributed by atoms with Crippen LogP contribution in [0.3, 0.4) is 0 Å². The van der Waals surface area contributed by atoms with Crippen LogP contribution in [0.25, 0.3) is 10.9 Å². The molecule has 0 aliphatic carbocycles. The molecule has 0 radical (unpaired) electrons. The van der Waals surface area contributed by atoms with Crippen molar-refractivity contribution < 1.29 is 9.18 Å². The van der Waals surface area contributed by atoms with Gasteiger partial charge in [0.25, 0.3) is 0 Å². The summed E-state index contributed by atoms with van der Waals surface area (Å²) in [5.74, 6) is -0.467. The molecule has 0 unspecified atom stereocenters. The molecule has 0 aliphatic rings. The molecule has 0 saturated carbocycles. The Bertz CT molecular complexity index is 802. The van der Waals surface area contributed by atoms with Crippen molar-refractivity contribution in [1.29, 1.82) is 0 Å². The van der Waals surface area contributed by atoms with E-state index in [1.807, 2.05) is 44.2 Å². The number of nitrogens with one attached hydrogen (secondary N) is 1. The third kappa shape index (κ3) is 2.15. The molecule has 0 atom stereocenters. The topological polar surface area (TPSA) is 32.9 Å². The van der Waals surface area contributed by atoms with Crippen LogP contribution in [0.15, 0.2) is 54.7 Å². The lowest BCUT2D eigenvalue weighted by Gasteiger charge is -2.23. The molecule has 3 rings (SSSR count). The van der Waals surface area contributed by atoms with Gasteiger partial charge in [0.2, 0.25) is 0 Å². The van der Waals surface area contributed by atoms with E-state index < -0.39 is 5.41 Å². The van der Waals surface area contributed by atoms with Gasteiger partial charge in [0.15, 0.2) is 5.78 Å². The van der Waals surface area contributed by atoms with Gasteiger partial charge in [-0.1, -0.05) is 36.4 Å². The summed E-state index contributed by atoms with van der Waals surface area (Å²) in [4.78, 5) is 15.9. The van der Waals surface area contributed by atoms with Gasteiger partial charge in [-0.2, -0.15) is 0 Å². The third-order valence-electron chi connectivity index (χ3n) is 3.96. The van der Waals surface area contributed by atoms with Gasteiger partial charge in [-0.25, -0.2) is 4.39 Å². The predicted octanol–water partition coefficient (Wildman–Crippen LogP) is 4.47. The van der Waals surface area contributed by atoms with Gasteiger partial charge in [-0.15, -0.1) is 0 Å². The fourth-order valence-corrected chi connectivity index (χ4v) is 2.64. The zero-order chi connectivity index (χ0) is 15.0. The molecule has 2 nitrogen and oxygen atoms in total. The van der Waals surface area contributed by atoms with Crippen LogP contribution >= 0.6 is 0 Å². The van der Waals surface area contributed by atoms with E-state index in [2.05, 4.69) is 4.98 Å². The molecule has 21 heavy (non-hydrogen) atoms. The second kappa shape index (κ2) is 4.85. The first-order valence-corrected chi connectivity index (χ1v) is 6.88. The Morgan fingerprint density at radius 2 is 1.76 bits per heavy atom. The lowest BCUT2D eigenvalue weighted by Crippen LogP contribution is -2.29. The number of ketones is 1. The van der Waals surface area contributed by atoms with Crippen molar-refractivity contribution in [3.8, 4) is 0 Å². The van der Waals surface area contributed by atoms with Gasteiger partial charge in [0.05, 0.1) is 5.41 Å². The number of hydrogen-bond donors (Lipinski definition) is 1. The van der Waals surface area contributed by atoms with E-state index in [4.69, 9.17) is 0 Å². The van der Waals surface area contributed by atoms with Gasteiger partial charge >= 0.3 is 0 Å². The number of benzene rings is 2. The normalized spacial score (nSPS) is 11.8. The third-order valence-corrected chi connectivity index (χ3v) is 3.96. The Morgan fingerprint density at radius 3 is 2.48 bits per heavy atom. The maximum atomic E-state index is 14.1. The van der Waals surface area contributed by atoms with Crippen LogP contribution < -0.4 is 0 Å². The van der Waals surface area contributed by atoms with Crippen LogP contribution in [0.4, 0.5) is 4.39 Å². The minimum atomic E-state index is -0.710. The number of aromatic amines is 1. The van der Waals surface area contributed by atoms with E-state index in [1.165, 1.54) is 6.07 Å². The number of rotatable bonds is 3. The monoisotopic (exact) mass is 281 g/mol. The second-order valence-electron chi connectivity index (χ2n) is 5.68. The number of Topliss-reactive ketones (excluding diaryl/α,β-unsaturated/α-hetero) is 1. The summed E-state index contributed by atoms with van der Waals surface area (Å²) in [6.07, 6.45) is 1.60. The Kier molecular flexibility index (Phi) is 3.13. The molecule has 1 N–H and O–H groups in total. The lowest BCUT2D eigenvalue weighted by molar-refractivity contribution is 0.0910.